The summed E-state index contributed by atoms with van der Waals surface area (Å²) in [6, 6.07) is 4.54. The molecule has 2 rings (SSSR count). The van der Waals surface area contributed by atoms with E-state index in [9.17, 15) is 8.42 Å². The number of aliphatic hydroxyl groups is 1. The molecule has 0 spiro atoms. The first-order valence-electron chi connectivity index (χ1n) is 6.77. The van der Waals surface area contributed by atoms with Crippen molar-refractivity contribution in [2.75, 3.05) is 32.8 Å². The van der Waals surface area contributed by atoms with Crippen molar-refractivity contribution in [3.8, 4) is 11.5 Å². The molecule has 1 unspecified atom stereocenters. The second-order valence-electron chi connectivity index (χ2n) is 4.76. The summed E-state index contributed by atoms with van der Waals surface area (Å²) in [7, 11) is -3.58. The Kier molecular flexibility index (Phi) is 5.40. The maximum Gasteiger partial charge on any atom is 0.240 e. The number of hydrogen-bond acceptors (Lipinski definition) is 6. The Morgan fingerprint density at radius 2 is 1.95 bits per heavy atom. The van der Waals surface area contributed by atoms with E-state index in [-0.39, 0.29) is 11.4 Å². The summed E-state index contributed by atoms with van der Waals surface area (Å²) >= 11 is 0. The molecule has 1 heterocycles. The lowest BCUT2D eigenvalue weighted by molar-refractivity contribution is 0.171. The molecule has 1 aromatic rings. The quantitative estimate of drug-likeness (QED) is 0.598. The third kappa shape index (κ3) is 4.57. The Bertz CT molecular complexity index is 574. The van der Waals surface area contributed by atoms with Gasteiger partial charge in [-0.25, -0.2) is 13.1 Å². The fourth-order valence-corrected chi connectivity index (χ4v) is 2.91. The maximum absolute atomic E-state index is 12.1. The minimum Gasteiger partial charge on any atom is -0.486 e. The summed E-state index contributed by atoms with van der Waals surface area (Å²) in [5.41, 5.74) is 0. The topological polar surface area (TPSA) is 96.9 Å². The highest BCUT2D eigenvalue weighted by molar-refractivity contribution is 7.89. The Hall–Kier alpha value is -1.35. The van der Waals surface area contributed by atoms with Crippen LogP contribution < -0.4 is 19.5 Å². The van der Waals surface area contributed by atoms with Crippen LogP contribution >= 0.6 is 0 Å². The highest BCUT2D eigenvalue weighted by atomic mass is 32.2. The van der Waals surface area contributed by atoms with E-state index in [4.69, 9.17) is 14.6 Å². The van der Waals surface area contributed by atoms with Crippen molar-refractivity contribution >= 4 is 10.0 Å². The molecule has 1 atom stereocenters. The van der Waals surface area contributed by atoms with Crippen molar-refractivity contribution in [1.82, 2.24) is 10.0 Å². The summed E-state index contributed by atoms with van der Waals surface area (Å²) in [5, 5.41) is 12.0. The Balaban J connectivity index is 1.93. The van der Waals surface area contributed by atoms with Crippen LogP contribution in [0.1, 0.15) is 6.92 Å². The average molecular weight is 316 g/mol. The highest BCUT2D eigenvalue weighted by Crippen LogP contribution is 2.32. The van der Waals surface area contributed by atoms with Gasteiger partial charge in [0.25, 0.3) is 0 Å². The lowest BCUT2D eigenvalue weighted by atomic mass is 10.3. The van der Waals surface area contributed by atoms with E-state index in [2.05, 4.69) is 10.0 Å². The second kappa shape index (κ2) is 7.08. The Morgan fingerprint density at radius 3 is 2.67 bits per heavy atom. The SMILES string of the molecule is CC(O)CNCCNS(=O)(=O)c1ccc2c(c1)OCCO2. The predicted molar refractivity (Wildman–Crippen MR) is 77.2 cm³/mol. The molecular formula is C13H20N2O5S. The van der Waals surface area contributed by atoms with E-state index in [1.54, 1.807) is 13.0 Å². The lowest BCUT2D eigenvalue weighted by Gasteiger charge is -2.19. The van der Waals surface area contributed by atoms with Gasteiger partial charge in [0, 0.05) is 25.7 Å². The lowest BCUT2D eigenvalue weighted by Crippen LogP contribution is -2.34. The van der Waals surface area contributed by atoms with Gasteiger partial charge in [0.2, 0.25) is 10.0 Å². The molecule has 3 N–H and O–H groups in total. The van der Waals surface area contributed by atoms with Gasteiger partial charge in [-0.05, 0) is 19.1 Å². The number of fused-ring (bicyclic) bond motifs is 1. The molecule has 1 aliphatic heterocycles. The molecule has 0 fully saturated rings. The summed E-state index contributed by atoms with van der Waals surface area (Å²) in [6.07, 6.45) is -0.459. The number of benzene rings is 1. The molecule has 118 valence electrons. The van der Waals surface area contributed by atoms with Crippen molar-refractivity contribution in [3.05, 3.63) is 18.2 Å². The van der Waals surface area contributed by atoms with Gasteiger partial charge < -0.3 is 19.9 Å². The van der Waals surface area contributed by atoms with Gasteiger partial charge in [0.05, 0.1) is 11.0 Å². The molecular weight excluding hydrogens is 296 g/mol. The standard InChI is InChI=1S/C13H20N2O5S/c1-10(16)9-14-4-5-15-21(17,18)11-2-3-12-13(8-11)20-7-6-19-12/h2-3,8,10,14-16H,4-7,9H2,1H3. The van der Waals surface area contributed by atoms with E-state index >= 15 is 0 Å². The number of ether oxygens (including phenoxy) is 2. The number of hydrogen-bond donors (Lipinski definition) is 3. The fraction of sp³-hybridized carbons (Fsp3) is 0.538. The molecule has 1 aromatic carbocycles. The second-order valence-corrected chi connectivity index (χ2v) is 6.52. The number of aliphatic hydroxyl groups excluding tert-OH is 1. The summed E-state index contributed by atoms with van der Waals surface area (Å²) in [4.78, 5) is 0.141. The normalized spacial score (nSPS) is 15.7. The monoisotopic (exact) mass is 316 g/mol. The Morgan fingerprint density at radius 1 is 1.24 bits per heavy atom. The van der Waals surface area contributed by atoms with Crippen molar-refractivity contribution in [2.45, 2.75) is 17.9 Å². The molecule has 0 aromatic heterocycles. The number of nitrogens with one attached hydrogen (secondary N) is 2. The van der Waals surface area contributed by atoms with Gasteiger partial charge in [0.1, 0.15) is 13.2 Å². The molecule has 0 aliphatic carbocycles. The Labute approximate surface area is 124 Å². The molecule has 8 heteroatoms. The van der Waals surface area contributed by atoms with E-state index in [0.29, 0.717) is 37.8 Å². The van der Waals surface area contributed by atoms with Gasteiger partial charge in [-0.15, -0.1) is 0 Å². The van der Waals surface area contributed by atoms with Crippen LogP contribution in [-0.4, -0.2) is 52.5 Å². The van der Waals surface area contributed by atoms with Crippen molar-refractivity contribution in [3.63, 3.8) is 0 Å². The largest absolute Gasteiger partial charge is 0.486 e. The predicted octanol–water partition coefficient (Wildman–Crippen LogP) is -0.293. The fourth-order valence-electron chi connectivity index (χ4n) is 1.86. The molecule has 7 nitrogen and oxygen atoms in total. The first kappa shape index (κ1) is 16.0. The van der Waals surface area contributed by atoms with Crippen LogP contribution in [0.4, 0.5) is 0 Å². The zero-order valence-electron chi connectivity index (χ0n) is 11.8. The third-order valence-electron chi connectivity index (χ3n) is 2.86. The van der Waals surface area contributed by atoms with Gasteiger partial charge in [-0.1, -0.05) is 0 Å². The van der Waals surface area contributed by atoms with Gasteiger partial charge >= 0.3 is 0 Å². The third-order valence-corrected chi connectivity index (χ3v) is 4.32. The molecule has 0 saturated carbocycles. The molecule has 0 saturated heterocycles. The highest BCUT2D eigenvalue weighted by Gasteiger charge is 2.18. The van der Waals surface area contributed by atoms with Crippen LogP contribution in [0.15, 0.2) is 23.1 Å². The minimum atomic E-state index is -3.58. The van der Waals surface area contributed by atoms with Gasteiger partial charge in [-0.2, -0.15) is 0 Å². The van der Waals surface area contributed by atoms with E-state index in [1.807, 2.05) is 0 Å². The van der Waals surface area contributed by atoms with Crippen LogP contribution in [0.25, 0.3) is 0 Å². The van der Waals surface area contributed by atoms with E-state index in [1.165, 1.54) is 12.1 Å². The molecule has 21 heavy (non-hydrogen) atoms. The van der Waals surface area contributed by atoms with Crippen molar-refractivity contribution in [2.24, 2.45) is 0 Å². The summed E-state index contributed by atoms with van der Waals surface area (Å²) < 4.78 is 37.5. The smallest absolute Gasteiger partial charge is 0.240 e. The van der Waals surface area contributed by atoms with Crippen LogP contribution in [-0.2, 0) is 10.0 Å². The van der Waals surface area contributed by atoms with Crippen LogP contribution in [0.3, 0.4) is 0 Å². The van der Waals surface area contributed by atoms with E-state index in [0.717, 1.165) is 0 Å². The molecule has 1 aliphatic rings. The van der Waals surface area contributed by atoms with Crippen LogP contribution in [0.2, 0.25) is 0 Å². The number of rotatable bonds is 7. The molecule has 0 bridgehead atoms. The first-order chi connectivity index (χ1) is 9.99. The van der Waals surface area contributed by atoms with E-state index < -0.39 is 16.1 Å². The average Bonchev–Trinajstić information content (AvgIpc) is 2.46. The minimum absolute atomic E-state index is 0.141. The molecule has 0 amide bonds. The number of sulfonamides is 1. The molecule has 0 radical (unpaired) electrons. The van der Waals surface area contributed by atoms with Crippen LogP contribution in [0.5, 0.6) is 11.5 Å². The van der Waals surface area contributed by atoms with Crippen LogP contribution in [0, 0.1) is 0 Å². The zero-order chi connectivity index (χ0) is 15.3. The van der Waals surface area contributed by atoms with Crippen molar-refractivity contribution < 1.29 is 23.0 Å². The summed E-state index contributed by atoms with van der Waals surface area (Å²) in [6.45, 7) is 3.63. The maximum atomic E-state index is 12.1. The van der Waals surface area contributed by atoms with Crippen molar-refractivity contribution in [1.29, 1.82) is 0 Å². The van der Waals surface area contributed by atoms with Gasteiger partial charge in [-0.3, -0.25) is 0 Å². The zero-order valence-corrected chi connectivity index (χ0v) is 12.6. The van der Waals surface area contributed by atoms with Gasteiger partial charge in [0.15, 0.2) is 11.5 Å². The first-order valence-corrected chi connectivity index (χ1v) is 8.25. The summed E-state index contributed by atoms with van der Waals surface area (Å²) in [5.74, 6) is 0.996.